The molecule has 0 radical (unpaired) electrons. The molecule has 0 saturated carbocycles. The number of nitrogens with zero attached hydrogens (tertiary/aromatic N) is 6. The summed E-state index contributed by atoms with van der Waals surface area (Å²) in [5.74, 6) is 0.461. The van der Waals surface area contributed by atoms with Gasteiger partial charge in [-0.2, -0.15) is 40.1 Å². The molecule has 0 aliphatic carbocycles. The predicted molar refractivity (Wildman–Crippen MR) is 134 cm³/mol. The lowest BCUT2D eigenvalue weighted by atomic mass is 10.1. The van der Waals surface area contributed by atoms with Crippen LogP contribution < -0.4 is 5.06 Å². The van der Waals surface area contributed by atoms with Crippen LogP contribution >= 0.6 is 0 Å². The molecule has 0 atom stereocenters. The van der Waals surface area contributed by atoms with Crippen molar-refractivity contribution >= 4 is 37.6 Å². The molecule has 3 heterocycles. The van der Waals surface area contributed by atoms with Crippen LogP contribution in [-0.4, -0.2) is 72.5 Å². The van der Waals surface area contributed by atoms with E-state index in [0.29, 0.717) is 40.8 Å². The number of carbonyl (C=O) groups excluding carboxylic acids is 1. The quantitative estimate of drug-likeness (QED) is 0.276. The smallest absolute Gasteiger partial charge is 0.300 e. The number of imidazole rings is 1. The molecule has 0 fully saturated rings. The zero-order chi connectivity index (χ0) is 29.3. The van der Waals surface area contributed by atoms with E-state index in [1.54, 1.807) is 47.3 Å². The summed E-state index contributed by atoms with van der Waals surface area (Å²) < 4.78 is 96.8. The van der Waals surface area contributed by atoms with E-state index >= 15 is 0 Å². The number of urea groups is 1. The van der Waals surface area contributed by atoms with Gasteiger partial charge in [-0.15, -0.1) is 8.57 Å². The molecule has 0 N–H and O–H groups in total. The molecule has 0 aliphatic heterocycles. The van der Waals surface area contributed by atoms with Gasteiger partial charge in [-0.25, -0.2) is 19.7 Å². The summed E-state index contributed by atoms with van der Waals surface area (Å²) in [5.41, 5.74) is 1.58. The molecule has 1 aromatic carbocycles. The summed E-state index contributed by atoms with van der Waals surface area (Å²) in [6.07, 6.45) is 2.13. The monoisotopic (exact) mass is 600 g/mol. The fourth-order valence-corrected chi connectivity index (χ4v) is 4.31. The van der Waals surface area contributed by atoms with Gasteiger partial charge in [0.2, 0.25) is 0 Å². The molecule has 2 amide bonds. The van der Waals surface area contributed by atoms with Crippen molar-refractivity contribution in [2.24, 2.45) is 0 Å². The van der Waals surface area contributed by atoms with Gasteiger partial charge < -0.3 is 0 Å². The lowest BCUT2D eigenvalue weighted by Gasteiger charge is -2.27. The molecule has 13 nitrogen and oxygen atoms in total. The van der Waals surface area contributed by atoms with Crippen molar-refractivity contribution in [1.82, 2.24) is 24.4 Å². The molecule has 4 aromatic rings. The van der Waals surface area contributed by atoms with Crippen molar-refractivity contribution in [3.05, 3.63) is 67.3 Å². The first kappa shape index (κ1) is 28.9. The van der Waals surface area contributed by atoms with Crippen LogP contribution in [0.5, 0.6) is 0 Å². The first-order valence-corrected chi connectivity index (χ1v) is 14.6. The largest absolute Gasteiger partial charge is 0.408 e. The molecule has 0 bridgehead atoms. The maximum absolute atomic E-state index is 13.1. The van der Waals surface area contributed by atoms with Gasteiger partial charge in [0.1, 0.15) is 12.2 Å². The Morgan fingerprint density at radius 2 is 1.60 bits per heavy atom. The third-order valence-corrected chi connectivity index (χ3v) is 5.73. The zero-order valence-corrected chi connectivity index (χ0v) is 22.2. The van der Waals surface area contributed by atoms with Crippen LogP contribution in [0.15, 0.2) is 67.3 Å². The maximum Gasteiger partial charge on any atom is 0.408 e. The highest BCUT2D eigenvalue weighted by Gasteiger charge is 2.39. The van der Waals surface area contributed by atoms with Crippen molar-refractivity contribution in [1.29, 1.82) is 0 Å². The molecule has 0 saturated heterocycles. The number of rotatable bonds is 8. The number of hydrogen-bond donors (Lipinski definition) is 0. The highest BCUT2D eigenvalue weighted by atomic mass is 32.2. The van der Waals surface area contributed by atoms with Gasteiger partial charge in [-0.3, -0.25) is 4.40 Å². The first-order valence-electron chi connectivity index (χ1n) is 10.9. The fourth-order valence-electron chi connectivity index (χ4n) is 3.45. The Hall–Kier alpha value is -4.13. The van der Waals surface area contributed by atoms with Crippen LogP contribution in [0.25, 0.3) is 28.3 Å². The van der Waals surface area contributed by atoms with E-state index < -0.39 is 44.1 Å². The number of alkyl halides is 3. The van der Waals surface area contributed by atoms with Crippen LogP contribution in [0.2, 0.25) is 0 Å². The lowest BCUT2D eigenvalue weighted by Crippen LogP contribution is -2.48. The Bertz CT molecular complexity index is 1760. The van der Waals surface area contributed by atoms with Crippen molar-refractivity contribution < 1.29 is 43.4 Å². The number of pyridine rings is 1. The molecule has 212 valence electrons. The van der Waals surface area contributed by atoms with E-state index in [4.69, 9.17) is 0 Å². The molecule has 4 rings (SSSR count). The van der Waals surface area contributed by atoms with Crippen LogP contribution in [0, 0.1) is 0 Å². The second-order valence-corrected chi connectivity index (χ2v) is 11.3. The summed E-state index contributed by atoms with van der Waals surface area (Å²) in [4.78, 5) is 25.7. The number of hydrogen-bond acceptors (Lipinski definition) is 10. The third-order valence-electron chi connectivity index (χ3n) is 4.86. The van der Waals surface area contributed by atoms with Crippen molar-refractivity contribution in [3.8, 4) is 22.6 Å². The zero-order valence-electron chi connectivity index (χ0n) is 20.5. The Labute approximate surface area is 225 Å². The second-order valence-electron chi connectivity index (χ2n) is 8.20. The van der Waals surface area contributed by atoms with Gasteiger partial charge >= 0.3 is 12.2 Å². The normalized spacial score (nSPS) is 12.4. The molecule has 0 unspecified atom stereocenters. The Morgan fingerprint density at radius 1 is 0.925 bits per heavy atom. The standard InChI is InChI=1S/C22H19F3N6O7S2/c1-39(33,34)37-30(14-22(23,24)25)21(32)31(38-40(2,35)36)17-6-3-5-15(11-17)18-13-28-19-12-16(7-10-29(18)19)20-26-8-4-9-27-20/h3-13H,14H2,1-2H3. The number of benzene rings is 1. The number of amides is 2. The van der Waals surface area contributed by atoms with Crippen LogP contribution in [-0.2, 0) is 28.8 Å². The van der Waals surface area contributed by atoms with Crippen LogP contribution in [0.4, 0.5) is 23.7 Å². The van der Waals surface area contributed by atoms with E-state index in [9.17, 15) is 34.8 Å². The number of aromatic nitrogens is 4. The van der Waals surface area contributed by atoms with E-state index in [1.165, 1.54) is 18.3 Å². The molecule has 0 aliphatic rings. The van der Waals surface area contributed by atoms with Crippen LogP contribution in [0.3, 0.4) is 0 Å². The number of carbonyl (C=O) groups is 1. The molecule has 18 heteroatoms. The number of halogens is 3. The maximum atomic E-state index is 13.1. The molecular formula is C22H19F3N6O7S2. The molecule has 3 aromatic heterocycles. The van der Waals surface area contributed by atoms with E-state index in [-0.39, 0.29) is 10.8 Å². The average Bonchev–Trinajstić information content (AvgIpc) is 3.28. The molecule has 40 heavy (non-hydrogen) atoms. The molecule has 0 spiro atoms. The first-order chi connectivity index (χ1) is 18.6. The van der Waals surface area contributed by atoms with Gasteiger partial charge in [0.25, 0.3) is 20.2 Å². The Balaban J connectivity index is 1.75. The van der Waals surface area contributed by atoms with Gasteiger partial charge in [0.05, 0.1) is 30.1 Å². The van der Waals surface area contributed by atoms with E-state index in [1.807, 2.05) is 0 Å². The van der Waals surface area contributed by atoms with Crippen LogP contribution in [0.1, 0.15) is 0 Å². The van der Waals surface area contributed by atoms with Gasteiger partial charge in [-0.05, 0) is 30.3 Å². The Kier molecular flexibility index (Phi) is 7.79. The van der Waals surface area contributed by atoms with Gasteiger partial charge in [-0.1, -0.05) is 12.1 Å². The second kappa shape index (κ2) is 10.8. The SMILES string of the molecule is CS(=O)(=O)ON(CC(F)(F)F)C(=O)N(OS(C)(=O)=O)c1cccc(-c2cnc3cc(-c4ncccn4)ccn23)c1. The minimum absolute atomic E-state index is 0.0240. The average molecular weight is 601 g/mol. The third kappa shape index (κ3) is 7.29. The topological polar surface area (TPSA) is 153 Å². The van der Waals surface area contributed by atoms with Gasteiger partial charge in [0.15, 0.2) is 5.82 Å². The predicted octanol–water partition coefficient (Wildman–Crippen LogP) is 3.03. The fraction of sp³-hybridized carbons (Fsp3) is 0.182. The number of fused-ring (bicyclic) bond motifs is 1. The number of anilines is 1. The highest BCUT2D eigenvalue weighted by Crippen LogP contribution is 2.29. The highest BCUT2D eigenvalue weighted by molar-refractivity contribution is 7.86. The minimum Gasteiger partial charge on any atom is -0.300 e. The van der Waals surface area contributed by atoms with Crippen molar-refractivity contribution in [3.63, 3.8) is 0 Å². The number of hydroxylamine groups is 3. The molecular weight excluding hydrogens is 581 g/mol. The Morgan fingerprint density at radius 3 is 2.23 bits per heavy atom. The summed E-state index contributed by atoms with van der Waals surface area (Å²) >= 11 is 0. The van der Waals surface area contributed by atoms with Gasteiger partial charge in [0, 0.05) is 29.7 Å². The minimum atomic E-state index is -5.11. The van der Waals surface area contributed by atoms with Crippen molar-refractivity contribution in [2.45, 2.75) is 6.18 Å². The summed E-state index contributed by atoms with van der Waals surface area (Å²) in [6, 6.07) is 8.54. The summed E-state index contributed by atoms with van der Waals surface area (Å²) in [7, 11) is -9.15. The van der Waals surface area contributed by atoms with E-state index in [2.05, 4.69) is 23.5 Å². The summed E-state index contributed by atoms with van der Waals surface area (Å²) in [5, 5.41) is -0.599. The lowest BCUT2D eigenvalue weighted by molar-refractivity contribution is -0.176. The van der Waals surface area contributed by atoms with Crippen molar-refractivity contribution in [2.75, 3.05) is 24.1 Å². The van der Waals surface area contributed by atoms with E-state index in [0.717, 1.165) is 6.07 Å². The summed E-state index contributed by atoms with van der Waals surface area (Å²) in [6.45, 7) is -2.19.